The van der Waals surface area contributed by atoms with Gasteiger partial charge in [0.25, 0.3) is 0 Å². The minimum Gasteiger partial charge on any atom is 0 e. The molecule has 0 radical (unpaired) electrons. The Bertz CT molecular complexity index is 33.8. The van der Waals surface area contributed by atoms with Crippen LogP contribution in [0.4, 0.5) is 0 Å². The van der Waals surface area contributed by atoms with Gasteiger partial charge in [-0.25, -0.2) is 0 Å². The van der Waals surface area contributed by atoms with Gasteiger partial charge in [-0.2, -0.15) is 0 Å². The van der Waals surface area contributed by atoms with Crippen molar-refractivity contribution in [1.82, 2.24) is 0 Å². The summed E-state index contributed by atoms with van der Waals surface area (Å²) in [4.78, 5) is 14.3. The van der Waals surface area contributed by atoms with Gasteiger partial charge >= 0.3 is 46.9 Å². The fourth-order valence-corrected chi connectivity index (χ4v) is 0. The molecule has 6 heteroatoms. The molecule has 0 aromatic heterocycles. The topological polar surface area (TPSA) is 57.5 Å². The van der Waals surface area contributed by atoms with Gasteiger partial charge < -0.3 is 9.59 Å². The van der Waals surface area contributed by atoms with Crippen LogP contribution in [0.1, 0.15) is 0 Å². The minimum absolute atomic E-state index is 0. The molecule has 0 saturated heterocycles. The van der Waals surface area contributed by atoms with Gasteiger partial charge in [0.05, 0.1) is 0 Å². The number of rotatable bonds is 0. The van der Waals surface area contributed by atoms with Gasteiger partial charge in [-0.1, -0.05) is 0 Å². The van der Waals surface area contributed by atoms with Crippen molar-refractivity contribution < 1.29 is 30.5 Å². The van der Waals surface area contributed by atoms with E-state index < -0.39 is 9.17 Å². The number of hydrogen-bond donors (Lipinski definition) is 2. The monoisotopic (exact) mass is 178 g/mol. The Morgan fingerprint density at radius 1 is 1.33 bits per heavy atom. The fraction of sp³-hybridized carbons (Fsp3) is 0. The maximum atomic E-state index is 8.74. The molecule has 3 nitrogen and oxygen atoms in total. The third-order valence-corrected chi connectivity index (χ3v) is 0. The molecule has 0 saturated carbocycles. The summed E-state index contributed by atoms with van der Waals surface area (Å²) in [5.74, 6) is 0. The molecule has 0 fully saturated rings. The van der Waals surface area contributed by atoms with Crippen molar-refractivity contribution in [3.63, 3.8) is 0 Å². The van der Waals surface area contributed by atoms with Crippen LogP contribution in [0.5, 0.6) is 0 Å². The van der Waals surface area contributed by atoms with E-state index in [1.165, 1.54) is 0 Å². The molecule has 0 bridgehead atoms. The second kappa shape index (κ2) is 9.62. The van der Waals surface area contributed by atoms with Gasteiger partial charge in [-0.15, -0.1) is 0 Å². The maximum Gasteiger partial charge on any atom is 0 e. The molecule has 38 valence electrons. The van der Waals surface area contributed by atoms with E-state index in [0.29, 0.717) is 0 Å². The van der Waals surface area contributed by atoms with E-state index in [-0.39, 0.29) is 54.2 Å². The Morgan fingerprint density at radius 3 is 1.33 bits per heavy atom. The second-order valence-electron chi connectivity index (χ2n) is 0.283. The smallest absolute Gasteiger partial charge is 0 e. The summed E-state index contributed by atoms with van der Waals surface area (Å²) in [6, 6.07) is 0. The van der Waals surface area contributed by atoms with Crippen molar-refractivity contribution in [3.05, 3.63) is 0 Å². The molecule has 6 heavy (non-hydrogen) atoms. The zero-order valence-electron chi connectivity index (χ0n) is 2.12. The molecule has 0 aliphatic heterocycles. The molecule has 0 aliphatic rings. The summed E-state index contributed by atoms with van der Waals surface area (Å²) >= 11 is 0. The maximum absolute atomic E-state index is 8.74. The van der Waals surface area contributed by atoms with E-state index in [4.69, 9.17) is 14.1 Å². The van der Waals surface area contributed by atoms with E-state index in [9.17, 15) is 0 Å². The zero-order chi connectivity index (χ0) is 3.58. The first-order valence-corrected chi connectivity index (χ1v) is 1.95. The Morgan fingerprint density at radius 2 is 1.33 bits per heavy atom. The second-order valence-corrected chi connectivity index (χ2v) is 0.848. The average molecular weight is 179 g/mol. The summed E-state index contributed by atoms with van der Waals surface area (Å²) in [7, 11) is -3.13. The molecule has 0 unspecified atom stereocenters. The predicted octanol–water partition coefficient (Wildman–Crippen LogP) is -2.53. The van der Waals surface area contributed by atoms with Gasteiger partial charge in [0, 0.05) is 16.5 Å². The van der Waals surface area contributed by atoms with E-state index in [1.807, 2.05) is 0 Å². The Balaban J connectivity index is -0.0000000450. The fourth-order valence-electron chi connectivity index (χ4n) is 0. The first-order chi connectivity index (χ1) is 1.73. The molecular formula is H4CaNiO3Si. The van der Waals surface area contributed by atoms with E-state index in [0.717, 1.165) is 0 Å². The van der Waals surface area contributed by atoms with Crippen LogP contribution in [0.25, 0.3) is 0 Å². The van der Waals surface area contributed by atoms with Gasteiger partial charge in [-0.3, -0.25) is 4.46 Å². The quantitative estimate of drug-likeness (QED) is 0.403. The molecular weight excluding hydrogens is 175 g/mol. The first kappa shape index (κ1) is 15.7. The summed E-state index contributed by atoms with van der Waals surface area (Å²) < 4.78 is 8.74. The van der Waals surface area contributed by atoms with Crippen molar-refractivity contribution >= 4 is 46.9 Å². The molecule has 0 aliphatic carbocycles. The standard InChI is InChI=1S/Ca.Ni.H2O3Si.2H/c;;1-4(2)3;;/h;;1-2H;;. The Labute approximate surface area is 76.6 Å². The van der Waals surface area contributed by atoms with Crippen LogP contribution in [0, 0.1) is 0 Å². The van der Waals surface area contributed by atoms with Crippen LogP contribution in [0.3, 0.4) is 0 Å². The van der Waals surface area contributed by atoms with Gasteiger partial charge in [-0.05, 0) is 0 Å². The van der Waals surface area contributed by atoms with Crippen molar-refractivity contribution in [2.45, 2.75) is 0 Å². The van der Waals surface area contributed by atoms with Crippen LogP contribution < -0.4 is 0 Å². The van der Waals surface area contributed by atoms with Crippen molar-refractivity contribution in [3.8, 4) is 0 Å². The third kappa shape index (κ3) is 54.6. The number of hydrogen-bond acceptors (Lipinski definition) is 1. The predicted molar refractivity (Wildman–Crippen MR) is 19.4 cm³/mol. The Hall–Kier alpha value is 1.37. The molecule has 0 aromatic carbocycles. The summed E-state index contributed by atoms with van der Waals surface area (Å²) in [6.45, 7) is 0. The average Bonchev–Trinajstić information content (AvgIpc) is 0.811. The molecule has 0 heterocycles. The van der Waals surface area contributed by atoms with Crippen molar-refractivity contribution in [1.29, 1.82) is 0 Å². The summed E-state index contributed by atoms with van der Waals surface area (Å²) in [5.41, 5.74) is 0. The van der Waals surface area contributed by atoms with E-state index in [1.54, 1.807) is 0 Å². The third-order valence-electron chi connectivity index (χ3n) is 0. The molecule has 0 spiro atoms. The molecule has 0 aromatic rings. The van der Waals surface area contributed by atoms with Crippen LogP contribution >= 0.6 is 0 Å². The zero-order valence-corrected chi connectivity index (χ0v) is 4.11. The minimum atomic E-state index is -3.13. The van der Waals surface area contributed by atoms with Gasteiger partial charge in [0.15, 0.2) is 0 Å². The molecule has 2 N–H and O–H groups in total. The first-order valence-electron chi connectivity index (χ1n) is 0.651. The summed E-state index contributed by atoms with van der Waals surface area (Å²) in [5, 5.41) is 0. The van der Waals surface area contributed by atoms with Gasteiger partial charge in [0.1, 0.15) is 0 Å². The normalized spacial score (nSPS) is 4.00. The van der Waals surface area contributed by atoms with Crippen molar-refractivity contribution in [2.75, 3.05) is 0 Å². The van der Waals surface area contributed by atoms with E-state index >= 15 is 0 Å². The SMILES string of the molecule is O=[Si](O)O.[CaH2].[Ni]. The molecule has 0 amide bonds. The molecule has 0 atom stereocenters. The largest absolute Gasteiger partial charge is 0 e. The van der Waals surface area contributed by atoms with Gasteiger partial charge in [0.2, 0.25) is 0 Å². The van der Waals surface area contributed by atoms with Crippen LogP contribution in [-0.4, -0.2) is 56.5 Å². The summed E-state index contributed by atoms with van der Waals surface area (Å²) in [6.07, 6.45) is 0. The van der Waals surface area contributed by atoms with Crippen LogP contribution in [0.2, 0.25) is 0 Å². The Kier molecular flexibility index (Phi) is 25.1. The van der Waals surface area contributed by atoms with Crippen LogP contribution in [-0.2, 0) is 21.0 Å². The van der Waals surface area contributed by atoms with Crippen molar-refractivity contribution in [2.24, 2.45) is 0 Å². The van der Waals surface area contributed by atoms with E-state index in [2.05, 4.69) is 0 Å². The molecule has 0 rings (SSSR count). The van der Waals surface area contributed by atoms with Crippen LogP contribution in [0.15, 0.2) is 0 Å².